The molecule has 0 amide bonds. The Hall–Kier alpha value is -2.95. The molecule has 1 N–H and O–H groups in total. The number of aryl methyl sites for hydroxylation is 1. The van der Waals surface area contributed by atoms with Gasteiger partial charge in [0.2, 0.25) is 0 Å². The van der Waals surface area contributed by atoms with Crippen molar-refractivity contribution in [1.82, 2.24) is 4.98 Å². The molecule has 1 aliphatic heterocycles. The monoisotopic (exact) mass is 427 g/mol. The molecule has 0 saturated carbocycles. The molecule has 0 unspecified atom stereocenters. The highest BCUT2D eigenvalue weighted by Gasteiger charge is 2.27. The van der Waals surface area contributed by atoms with Crippen LogP contribution in [0.3, 0.4) is 0 Å². The van der Waals surface area contributed by atoms with Crippen LogP contribution in [0.5, 0.6) is 5.75 Å². The summed E-state index contributed by atoms with van der Waals surface area (Å²) in [4.78, 5) is 4.81. The molecule has 5 rings (SSSR count). The average Bonchev–Trinajstić information content (AvgIpc) is 2.77. The van der Waals surface area contributed by atoms with Gasteiger partial charge in [0, 0.05) is 23.6 Å². The molecule has 164 valence electrons. The summed E-state index contributed by atoms with van der Waals surface area (Å²) in [6.45, 7) is 8.76. The van der Waals surface area contributed by atoms with E-state index in [1.807, 2.05) is 27.0 Å². The second-order valence-corrected chi connectivity index (χ2v) is 9.51. The molecule has 1 atom stereocenters. The van der Waals surface area contributed by atoms with E-state index in [1.165, 1.54) is 5.56 Å². The van der Waals surface area contributed by atoms with Gasteiger partial charge in [-0.15, -0.1) is 0 Å². The van der Waals surface area contributed by atoms with E-state index in [9.17, 15) is 5.11 Å². The summed E-state index contributed by atoms with van der Waals surface area (Å²) >= 11 is 0. The predicted octanol–water partition coefficient (Wildman–Crippen LogP) is 6.15. The van der Waals surface area contributed by atoms with Crippen molar-refractivity contribution in [1.29, 1.82) is 0 Å². The average molecular weight is 428 g/mol. The van der Waals surface area contributed by atoms with Crippen LogP contribution in [0.4, 0.5) is 0 Å². The summed E-state index contributed by atoms with van der Waals surface area (Å²) in [5.41, 5.74) is 6.03. The van der Waals surface area contributed by atoms with Crippen molar-refractivity contribution in [2.75, 3.05) is 13.2 Å². The van der Waals surface area contributed by atoms with Crippen molar-refractivity contribution >= 4 is 21.7 Å². The third-order valence-electron chi connectivity index (χ3n) is 6.12. The van der Waals surface area contributed by atoms with Gasteiger partial charge in [-0.05, 0) is 78.9 Å². The summed E-state index contributed by atoms with van der Waals surface area (Å²) in [5, 5.41) is 13.8. The number of benzene rings is 3. The lowest BCUT2D eigenvalue weighted by molar-refractivity contribution is -0.0821. The fourth-order valence-electron chi connectivity index (χ4n) is 4.93. The molecular formula is C28H29NO3. The number of aliphatic hydroxyl groups excluding tert-OH is 1. The Bertz CT molecular complexity index is 1310. The number of rotatable bonds is 4. The van der Waals surface area contributed by atoms with Crippen LogP contribution in [0.2, 0.25) is 0 Å². The Morgan fingerprint density at radius 2 is 1.94 bits per heavy atom. The number of ether oxygens (including phenoxy) is 2. The van der Waals surface area contributed by atoms with Crippen molar-refractivity contribution in [2.45, 2.75) is 45.8 Å². The third-order valence-corrected chi connectivity index (χ3v) is 6.12. The van der Waals surface area contributed by atoms with Gasteiger partial charge in [-0.3, -0.25) is 4.98 Å². The second-order valence-electron chi connectivity index (χ2n) is 9.51. The van der Waals surface area contributed by atoms with Crippen LogP contribution in [0.15, 0.2) is 54.7 Å². The van der Waals surface area contributed by atoms with E-state index < -0.39 is 11.7 Å². The lowest BCUT2D eigenvalue weighted by Crippen LogP contribution is -2.25. The van der Waals surface area contributed by atoms with Gasteiger partial charge in [0.1, 0.15) is 11.9 Å². The van der Waals surface area contributed by atoms with Gasteiger partial charge in [0.15, 0.2) is 0 Å². The minimum absolute atomic E-state index is 0.0960. The number of aromatic nitrogens is 1. The summed E-state index contributed by atoms with van der Waals surface area (Å²) < 4.78 is 12.3. The van der Waals surface area contributed by atoms with Gasteiger partial charge in [-0.1, -0.05) is 30.3 Å². The Labute approximate surface area is 188 Å². The predicted molar refractivity (Wildman–Crippen MR) is 129 cm³/mol. The smallest absolute Gasteiger partial charge is 0.129 e. The quantitative estimate of drug-likeness (QED) is 0.425. The Morgan fingerprint density at radius 1 is 1.12 bits per heavy atom. The largest absolute Gasteiger partial charge is 0.493 e. The summed E-state index contributed by atoms with van der Waals surface area (Å²) in [7, 11) is 0. The highest BCUT2D eigenvalue weighted by molar-refractivity contribution is 6.08. The third kappa shape index (κ3) is 3.54. The lowest BCUT2D eigenvalue weighted by Gasteiger charge is -2.30. The van der Waals surface area contributed by atoms with Crippen molar-refractivity contribution in [3.05, 3.63) is 71.4 Å². The van der Waals surface area contributed by atoms with Gasteiger partial charge in [-0.25, -0.2) is 0 Å². The maximum Gasteiger partial charge on any atom is 0.129 e. The fraction of sp³-hybridized carbons (Fsp3) is 0.321. The molecule has 4 nitrogen and oxygen atoms in total. The number of pyridine rings is 1. The second kappa shape index (κ2) is 7.88. The van der Waals surface area contributed by atoms with Crippen LogP contribution in [-0.4, -0.2) is 28.9 Å². The zero-order chi connectivity index (χ0) is 22.5. The molecule has 1 aliphatic rings. The van der Waals surface area contributed by atoms with Crippen molar-refractivity contribution in [2.24, 2.45) is 0 Å². The van der Waals surface area contributed by atoms with E-state index in [0.29, 0.717) is 6.61 Å². The summed E-state index contributed by atoms with van der Waals surface area (Å²) in [5.74, 6) is 0.890. The van der Waals surface area contributed by atoms with E-state index in [4.69, 9.17) is 14.5 Å². The van der Waals surface area contributed by atoms with Crippen LogP contribution in [0.25, 0.3) is 32.8 Å². The number of hydrogen-bond donors (Lipinski definition) is 1. The SMILES string of the molecule is Cc1cc2ccccc2c(-c2ccc3c4c(ccnc24)CCO3)c1[C@@H](CO)OC(C)(C)C. The minimum atomic E-state index is -0.448. The molecule has 0 fully saturated rings. The number of aliphatic hydroxyl groups is 1. The first-order valence-corrected chi connectivity index (χ1v) is 11.2. The molecule has 1 aromatic heterocycles. The molecule has 32 heavy (non-hydrogen) atoms. The van der Waals surface area contributed by atoms with Crippen molar-refractivity contribution in [3.63, 3.8) is 0 Å². The van der Waals surface area contributed by atoms with Crippen LogP contribution in [0, 0.1) is 6.92 Å². The molecule has 0 radical (unpaired) electrons. The van der Waals surface area contributed by atoms with Gasteiger partial charge < -0.3 is 14.6 Å². The number of fused-ring (bicyclic) bond motifs is 1. The van der Waals surface area contributed by atoms with Crippen LogP contribution in [-0.2, 0) is 11.2 Å². The summed E-state index contributed by atoms with van der Waals surface area (Å²) in [6, 6.07) is 16.8. The first-order chi connectivity index (χ1) is 15.4. The molecule has 0 bridgehead atoms. The molecule has 4 aromatic rings. The Morgan fingerprint density at radius 3 is 2.72 bits per heavy atom. The normalized spacial score (nSPS) is 14.5. The number of hydrogen-bond acceptors (Lipinski definition) is 4. The molecule has 0 aliphatic carbocycles. The van der Waals surface area contributed by atoms with Gasteiger partial charge in [-0.2, -0.15) is 0 Å². The van der Waals surface area contributed by atoms with E-state index in [0.717, 1.165) is 56.1 Å². The Balaban J connectivity index is 1.88. The van der Waals surface area contributed by atoms with Gasteiger partial charge >= 0.3 is 0 Å². The van der Waals surface area contributed by atoms with Crippen LogP contribution < -0.4 is 4.74 Å². The van der Waals surface area contributed by atoms with Crippen molar-refractivity contribution in [3.8, 4) is 16.9 Å². The maximum absolute atomic E-state index is 10.4. The zero-order valence-electron chi connectivity index (χ0n) is 19.1. The van der Waals surface area contributed by atoms with E-state index >= 15 is 0 Å². The molecule has 4 heteroatoms. The van der Waals surface area contributed by atoms with E-state index in [1.54, 1.807) is 0 Å². The lowest BCUT2D eigenvalue weighted by atomic mass is 9.85. The highest BCUT2D eigenvalue weighted by atomic mass is 16.5. The molecule has 2 heterocycles. The molecule has 3 aromatic carbocycles. The molecular weight excluding hydrogens is 398 g/mol. The Kier molecular flexibility index (Phi) is 5.15. The zero-order valence-corrected chi connectivity index (χ0v) is 19.1. The highest BCUT2D eigenvalue weighted by Crippen LogP contribution is 2.44. The maximum atomic E-state index is 10.4. The minimum Gasteiger partial charge on any atom is -0.493 e. The first kappa shape index (κ1) is 20.9. The summed E-state index contributed by atoms with van der Waals surface area (Å²) in [6.07, 6.45) is 2.32. The standard InChI is InChI=1S/C28H29NO3/c1-17-15-19-7-5-6-8-20(19)26(24(17)23(16-30)32-28(2,3)4)21-9-10-22-25-18(12-14-31-22)11-13-29-27(21)25/h5-11,13,15,23,30H,12,14,16H2,1-4H3/t23-/m1/s1. The van der Waals surface area contributed by atoms with Gasteiger partial charge in [0.05, 0.1) is 24.3 Å². The number of nitrogens with zero attached hydrogens (tertiary/aromatic N) is 1. The van der Waals surface area contributed by atoms with Crippen LogP contribution >= 0.6 is 0 Å². The fourth-order valence-corrected chi connectivity index (χ4v) is 4.93. The first-order valence-electron chi connectivity index (χ1n) is 11.2. The molecule has 0 spiro atoms. The topological polar surface area (TPSA) is 51.6 Å². The molecule has 0 saturated heterocycles. The van der Waals surface area contributed by atoms with Crippen molar-refractivity contribution < 1.29 is 14.6 Å². The van der Waals surface area contributed by atoms with Gasteiger partial charge in [0.25, 0.3) is 0 Å². The van der Waals surface area contributed by atoms with Crippen LogP contribution in [0.1, 0.15) is 43.6 Å². The van der Waals surface area contributed by atoms with E-state index in [2.05, 4.69) is 55.5 Å². The van der Waals surface area contributed by atoms with E-state index in [-0.39, 0.29) is 6.61 Å².